The number of hydrogen-bond acceptors (Lipinski definition) is 3. The van der Waals surface area contributed by atoms with Gasteiger partial charge in [0.15, 0.2) is 0 Å². The van der Waals surface area contributed by atoms with Crippen molar-refractivity contribution in [1.82, 2.24) is 4.98 Å². The Bertz CT molecular complexity index is 787. The third-order valence-electron chi connectivity index (χ3n) is 3.00. The van der Waals surface area contributed by atoms with Gasteiger partial charge in [-0.1, -0.05) is 15.9 Å². The molecule has 0 saturated heterocycles. The van der Waals surface area contributed by atoms with Crippen LogP contribution in [0.1, 0.15) is 0 Å². The van der Waals surface area contributed by atoms with Crippen molar-refractivity contribution >= 4 is 59.8 Å². The second-order valence-electron chi connectivity index (χ2n) is 4.35. The van der Waals surface area contributed by atoms with Gasteiger partial charge in [-0.2, -0.15) is 0 Å². The fourth-order valence-corrected chi connectivity index (χ4v) is 3.19. The summed E-state index contributed by atoms with van der Waals surface area (Å²) < 4.78 is 2.01. The van der Waals surface area contributed by atoms with E-state index in [1.54, 1.807) is 6.20 Å². The number of benzene rings is 2. The number of hydrogen-bond donors (Lipinski definition) is 2. The van der Waals surface area contributed by atoms with E-state index in [9.17, 15) is 0 Å². The van der Waals surface area contributed by atoms with Crippen LogP contribution in [0.5, 0.6) is 0 Å². The molecule has 0 radical (unpaired) electrons. The maximum absolute atomic E-state index is 5.96. The Morgan fingerprint density at radius 3 is 2.60 bits per heavy atom. The Morgan fingerprint density at radius 2 is 1.80 bits per heavy atom. The maximum atomic E-state index is 5.96. The SMILES string of the molecule is Nc1ccc(Nc2ccc(Br)cc2Br)c2cccnc12. The van der Waals surface area contributed by atoms with Crippen molar-refractivity contribution in [3.63, 3.8) is 0 Å². The number of halogens is 2. The summed E-state index contributed by atoms with van der Waals surface area (Å²) in [5, 5.41) is 4.41. The van der Waals surface area contributed by atoms with E-state index in [0.717, 1.165) is 31.2 Å². The van der Waals surface area contributed by atoms with E-state index in [4.69, 9.17) is 5.73 Å². The first-order valence-corrected chi connectivity index (χ1v) is 7.59. The first kappa shape index (κ1) is 13.4. The highest BCUT2D eigenvalue weighted by molar-refractivity contribution is 9.11. The molecule has 20 heavy (non-hydrogen) atoms. The van der Waals surface area contributed by atoms with Crippen molar-refractivity contribution < 1.29 is 0 Å². The number of rotatable bonds is 2. The molecule has 1 heterocycles. The molecule has 3 rings (SSSR count). The second-order valence-corrected chi connectivity index (χ2v) is 6.12. The van der Waals surface area contributed by atoms with Crippen molar-refractivity contribution in [2.24, 2.45) is 0 Å². The van der Waals surface area contributed by atoms with Crippen molar-refractivity contribution in [2.75, 3.05) is 11.1 Å². The van der Waals surface area contributed by atoms with Crippen LogP contribution in [0.2, 0.25) is 0 Å². The van der Waals surface area contributed by atoms with Gasteiger partial charge in [-0.05, 0) is 58.4 Å². The minimum atomic E-state index is 0.682. The molecule has 5 heteroatoms. The summed E-state index contributed by atoms with van der Waals surface area (Å²) in [5.74, 6) is 0. The molecule has 0 saturated carbocycles. The van der Waals surface area contributed by atoms with Crippen LogP contribution in [0, 0.1) is 0 Å². The van der Waals surface area contributed by atoms with Crippen LogP contribution in [-0.4, -0.2) is 4.98 Å². The minimum absolute atomic E-state index is 0.682. The Balaban J connectivity index is 2.09. The number of nitrogens with one attached hydrogen (secondary N) is 1. The van der Waals surface area contributed by atoms with Gasteiger partial charge in [-0.15, -0.1) is 0 Å². The average molecular weight is 393 g/mol. The van der Waals surface area contributed by atoms with Gasteiger partial charge in [-0.25, -0.2) is 0 Å². The maximum Gasteiger partial charge on any atom is 0.0951 e. The molecule has 0 aliphatic rings. The molecule has 0 amide bonds. The molecular formula is C15H11Br2N3. The fraction of sp³-hybridized carbons (Fsp3) is 0. The van der Waals surface area contributed by atoms with Gasteiger partial charge in [0.05, 0.1) is 16.9 Å². The molecule has 3 aromatic rings. The summed E-state index contributed by atoms with van der Waals surface area (Å²) in [5.41, 5.74) is 9.42. The molecule has 1 aromatic heterocycles. The lowest BCUT2D eigenvalue weighted by Gasteiger charge is -2.12. The number of anilines is 3. The summed E-state index contributed by atoms with van der Waals surface area (Å²) in [6.07, 6.45) is 1.75. The highest BCUT2D eigenvalue weighted by Gasteiger charge is 2.07. The van der Waals surface area contributed by atoms with Crippen molar-refractivity contribution in [3.05, 3.63) is 57.6 Å². The third kappa shape index (κ3) is 2.51. The Labute approximate surface area is 133 Å². The van der Waals surface area contributed by atoms with E-state index in [-0.39, 0.29) is 0 Å². The van der Waals surface area contributed by atoms with Crippen LogP contribution in [0.15, 0.2) is 57.6 Å². The van der Waals surface area contributed by atoms with Crippen LogP contribution in [0.25, 0.3) is 10.9 Å². The summed E-state index contributed by atoms with van der Waals surface area (Å²) >= 11 is 7.00. The Kier molecular flexibility index (Phi) is 3.63. The lowest BCUT2D eigenvalue weighted by molar-refractivity contribution is 1.41. The van der Waals surface area contributed by atoms with Gasteiger partial charge in [0, 0.05) is 26.2 Å². The van der Waals surface area contributed by atoms with Gasteiger partial charge >= 0.3 is 0 Å². The smallest absolute Gasteiger partial charge is 0.0951 e. The molecule has 0 fully saturated rings. The summed E-state index contributed by atoms with van der Waals surface area (Å²) in [4.78, 5) is 4.34. The van der Waals surface area contributed by atoms with Crippen LogP contribution < -0.4 is 11.1 Å². The molecule has 0 unspecified atom stereocenters. The predicted octanol–water partition coefficient (Wildman–Crippen LogP) is 5.09. The van der Waals surface area contributed by atoms with Crippen LogP contribution in [0.4, 0.5) is 17.1 Å². The largest absolute Gasteiger partial charge is 0.397 e. The zero-order valence-electron chi connectivity index (χ0n) is 10.4. The topological polar surface area (TPSA) is 50.9 Å². The second kappa shape index (κ2) is 5.42. The summed E-state index contributed by atoms with van der Waals surface area (Å²) in [7, 11) is 0. The van der Waals surface area contributed by atoms with Gasteiger partial charge in [-0.3, -0.25) is 4.98 Å². The van der Waals surface area contributed by atoms with E-state index in [2.05, 4.69) is 42.2 Å². The zero-order valence-corrected chi connectivity index (χ0v) is 13.6. The standard InChI is InChI=1S/C15H11Br2N3/c16-9-3-5-14(11(17)8-9)20-13-6-4-12(18)15-10(13)2-1-7-19-15/h1-8,20H,18H2. The van der Waals surface area contributed by atoms with Crippen molar-refractivity contribution in [2.45, 2.75) is 0 Å². The Morgan fingerprint density at radius 1 is 1.00 bits per heavy atom. The van der Waals surface area contributed by atoms with Crippen LogP contribution in [-0.2, 0) is 0 Å². The lowest BCUT2D eigenvalue weighted by atomic mass is 10.1. The minimum Gasteiger partial charge on any atom is -0.397 e. The summed E-state index contributed by atoms with van der Waals surface area (Å²) in [6.45, 7) is 0. The number of nitrogens with two attached hydrogens (primary N) is 1. The summed E-state index contributed by atoms with van der Waals surface area (Å²) in [6, 6.07) is 13.7. The van der Waals surface area contributed by atoms with Gasteiger partial charge in [0.1, 0.15) is 0 Å². The van der Waals surface area contributed by atoms with E-state index in [1.807, 2.05) is 42.5 Å². The molecule has 0 aliphatic heterocycles. The monoisotopic (exact) mass is 391 g/mol. The Hall–Kier alpha value is -1.59. The highest BCUT2D eigenvalue weighted by Crippen LogP contribution is 2.33. The first-order chi connectivity index (χ1) is 9.65. The predicted molar refractivity (Wildman–Crippen MR) is 91.3 cm³/mol. The molecule has 0 atom stereocenters. The van der Waals surface area contributed by atoms with Gasteiger partial charge in [0.25, 0.3) is 0 Å². The average Bonchev–Trinajstić information content (AvgIpc) is 2.45. The normalized spacial score (nSPS) is 10.7. The fourth-order valence-electron chi connectivity index (χ4n) is 2.04. The van der Waals surface area contributed by atoms with E-state index in [1.165, 1.54) is 0 Å². The molecule has 3 nitrogen and oxygen atoms in total. The van der Waals surface area contributed by atoms with E-state index < -0.39 is 0 Å². The van der Waals surface area contributed by atoms with Crippen LogP contribution in [0.3, 0.4) is 0 Å². The number of nitrogen functional groups attached to an aromatic ring is 1. The molecule has 100 valence electrons. The molecule has 3 N–H and O–H groups in total. The van der Waals surface area contributed by atoms with E-state index >= 15 is 0 Å². The van der Waals surface area contributed by atoms with Crippen LogP contribution >= 0.6 is 31.9 Å². The highest BCUT2D eigenvalue weighted by atomic mass is 79.9. The molecule has 2 aromatic carbocycles. The zero-order chi connectivity index (χ0) is 14.1. The van der Waals surface area contributed by atoms with E-state index in [0.29, 0.717) is 5.69 Å². The van der Waals surface area contributed by atoms with Gasteiger partial charge in [0.2, 0.25) is 0 Å². The van der Waals surface area contributed by atoms with Gasteiger partial charge < -0.3 is 11.1 Å². The molecule has 0 spiro atoms. The number of pyridine rings is 1. The van der Waals surface area contributed by atoms with Crippen molar-refractivity contribution in [1.29, 1.82) is 0 Å². The molecule has 0 bridgehead atoms. The first-order valence-electron chi connectivity index (χ1n) is 6.00. The number of nitrogens with zero attached hydrogens (tertiary/aromatic N) is 1. The van der Waals surface area contributed by atoms with Crippen molar-refractivity contribution in [3.8, 4) is 0 Å². The number of fused-ring (bicyclic) bond motifs is 1. The number of aromatic nitrogens is 1. The third-order valence-corrected chi connectivity index (χ3v) is 4.15. The lowest BCUT2D eigenvalue weighted by Crippen LogP contribution is -1.96. The quantitative estimate of drug-likeness (QED) is 0.597. The molecular weight excluding hydrogens is 382 g/mol. The molecule has 0 aliphatic carbocycles.